The zero-order chi connectivity index (χ0) is 14.0. The number of nitrogen functional groups attached to an aromatic ring is 1. The van der Waals surface area contributed by atoms with Crippen molar-refractivity contribution in [2.24, 2.45) is 12.8 Å². The van der Waals surface area contributed by atoms with Gasteiger partial charge in [0.15, 0.2) is 5.16 Å². The molecular weight excluding hydrogens is 266 g/mol. The predicted molar refractivity (Wildman–Crippen MR) is 71.7 cm³/mol. The van der Waals surface area contributed by atoms with Gasteiger partial charge in [-0.25, -0.2) is 0 Å². The molecule has 19 heavy (non-hydrogen) atoms. The molecule has 7 nitrogen and oxygen atoms in total. The highest BCUT2D eigenvalue weighted by molar-refractivity contribution is 7.99. The van der Waals surface area contributed by atoms with Crippen LogP contribution in [0.5, 0.6) is 0 Å². The second kappa shape index (κ2) is 5.11. The quantitative estimate of drug-likeness (QED) is 0.411. The molecule has 0 fully saturated rings. The molecule has 0 saturated carbocycles. The van der Waals surface area contributed by atoms with Gasteiger partial charge in [-0.1, -0.05) is 23.9 Å². The van der Waals surface area contributed by atoms with E-state index in [-0.39, 0.29) is 5.84 Å². The van der Waals surface area contributed by atoms with Gasteiger partial charge in [-0.3, -0.25) is 24.8 Å². The van der Waals surface area contributed by atoms with E-state index >= 15 is 0 Å². The average Bonchev–Trinajstić information content (AvgIpc) is 2.36. The van der Waals surface area contributed by atoms with Crippen molar-refractivity contribution >= 4 is 17.6 Å². The molecule has 0 spiro atoms. The van der Waals surface area contributed by atoms with E-state index in [9.17, 15) is 9.59 Å². The largest absolute Gasteiger partial charge is 0.384 e. The smallest absolute Gasteiger partial charge is 0.339 e. The average molecular weight is 277 g/mol. The Kier molecular flexibility index (Phi) is 3.52. The van der Waals surface area contributed by atoms with Crippen LogP contribution in [0, 0.1) is 5.41 Å². The first-order chi connectivity index (χ1) is 8.97. The Hall–Kier alpha value is -2.35. The van der Waals surface area contributed by atoms with E-state index in [1.165, 1.54) is 16.4 Å². The molecule has 0 radical (unpaired) electrons. The number of nitrogens with zero attached hydrogens (tertiary/aromatic N) is 2. The molecule has 0 aliphatic heterocycles. The summed E-state index contributed by atoms with van der Waals surface area (Å²) in [5.41, 5.74) is 4.40. The van der Waals surface area contributed by atoms with Crippen molar-refractivity contribution in [3.63, 3.8) is 0 Å². The van der Waals surface area contributed by atoms with Crippen LogP contribution < -0.4 is 16.9 Å². The standard InChI is InChI=1S/C11H11N5O2S/c1-16-11(14-9(17)10(18)15-16)19-7-4-2-6(3-5-7)8(12)13/h2-5H,1H3,(H3,12,13)(H,15,18). The first-order valence-electron chi connectivity index (χ1n) is 5.27. The molecule has 1 heterocycles. The van der Waals surface area contributed by atoms with Gasteiger partial charge in [0.05, 0.1) is 0 Å². The lowest BCUT2D eigenvalue weighted by atomic mass is 10.2. The van der Waals surface area contributed by atoms with E-state index in [2.05, 4.69) is 10.1 Å². The van der Waals surface area contributed by atoms with Crippen LogP contribution in [-0.2, 0) is 7.05 Å². The van der Waals surface area contributed by atoms with Crippen LogP contribution in [0.2, 0.25) is 0 Å². The van der Waals surface area contributed by atoms with E-state index in [1.54, 1.807) is 31.3 Å². The minimum atomic E-state index is -0.819. The Labute approximate surface area is 112 Å². The monoisotopic (exact) mass is 277 g/mol. The van der Waals surface area contributed by atoms with Gasteiger partial charge in [0.25, 0.3) is 0 Å². The van der Waals surface area contributed by atoms with Crippen LogP contribution in [0.25, 0.3) is 0 Å². The van der Waals surface area contributed by atoms with E-state index in [0.29, 0.717) is 10.7 Å². The fourth-order valence-electron chi connectivity index (χ4n) is 1.36. The molecule has 0 aliphatic rings. The van der Waals surface area contributed by atoms with E-state index < -0.39 is 11.1 Å². The van der Waals surface area contributed by atoms with Crippen LogP contribution >= 0.6 is 11.8 Å². The summed E-state index contributed by atoms with van der Waals surface area (Å²) >= 11 is 1.23. The van der Waals surface area contributed by atoms with Gasteiger partial charge in [-0.2, -0.15) is 4.98 Å². The third-order valence-electron chi connectivity index (χ3n) is 2.32. The fraction of sp³-hybridized carbons (Fsp3) is 0.0909. The Morgan fingerprint density at radius 1 is 1.37 bits per heavy atom. The summed E-state index contributed by atoms with van der Waals surface area (Å²) in [7, 11) is 1.60. The van der Waals surface area contributed by atoms with Crippen LogP contribution in [0.3, 0.4) is 0 Å². The number of aryl methyl sites for hydroxylation is 1. The van der Waals surface area contributed by atoms with Crippen molar-refractivity contribution in [3.8, 4) is 0 Å². The van der Waals surface area contributed by atoms with Crippen LogP contribution in [0.4, 0.5) is 0 Å². The van der Waals surface area contributed by atoms with Gasteiger partial charge in [-0.15, -0.1) is 0 Å². The fourth-order valence-corrected chi connectivity index (χ4v) is 2.15. The van der Waals surface area contributed by atoms with Crippen molar-refractivity contribution in [3.05, 3.63) is 50.5 Å². The summed E-state index contributed by atoms with van der Waals surface area (Å²) in [5, 5.41) is 10.0. The summed E-state index contributed by atoms with van der Waals surface area (Å²) in [6.45, 7) is 0. The maximum Gasteiger partial charge on any atom is 0.339 e. The van der Waals surface area contributed by atoms with Crippen LogP contribution in [-0.4, -0.2) is 20.6 Å². The molecule has 1 aromatic heterocycles. The van der Waals surface area contributed by atoms with E-state index in [0.717, 1.165) is 4.90 Å². The number of nitrogens with two attached hydrogens (primary N) is 1. The van der Waals surface area contributed by atoms with Crippen molar-refractivity contribution in [1.82, 2.24) is 14.8 Å². The number of rotatable bonds is 3. The Bertz CT molecular complexity index is 732. The molecule has 2 rings (SSSR count). The number of H-pyrrole nitrogens is 1. The number of hydrogen-bond acceptors (Lipinski definition) is 5. The maximum atomic E-state index is 11.2. The van der Waals surface area contributed by atoms with Gasteiger partial charge >= 0.3 is 11.1 Å². The third-order valence-corrected chi connectivity index (χ3v) is 3.38. The highest BCUT2D eigenvalue weighted by Crippen LogP contribution is 2.24. The van der Waals surface area contributed by atoms with E-state index in [1.807, 2.05) is 0 Å². The number of benzene rings is 1. The second-order valence-corrected chi connectivity index (χ2v) is 4.78. The Morgan fingerprint density at radius 2 is 2.00 bits per heavy atom. The molecule has 0 saturated heterocycles. The minimum Gasteiger partial charge on any atom is -0.384 e. The van der Waals surface area contributed by atoms with Gasteiger partial charge in [-0.05, 0) is 12.1 Å². The van der Waals surface area contributed by atoms with Gasteiger partial charge in [0, 0.05) is 17.5 Å². The number of aromatic nitrogens is 3. The third kappa shape index (κ3) is 2.91. The van der Waals surface area contributed by atoms with Crippen molar-refractivity contribution in [2.75, 3.05) is 0 Å². The molecule has 0 amide bonds. The van der Waals surface area contributed by atoms with Crippen molar-refractivity contribution in [1.29, 1.82) is 5.41 Å². The highest BCUT2D eigenvalue weighted by atomic mass is 32.2. The number of nitrogens with one attached hydrogen (secondary N) is 2. The molecule has 0 atom stereocenters. The van der Waals surface area contributed by atoms with Crippen LogP contribution in [0.1, 0.15) is 5.56 Å². The molecule has 0 bridgehead atoms. The molecule has 0 unspecified atom stereocenters. The zero-order valence-corrected chi connectivity index (χ0v) is 10.8. The van der Waals surface area contributed by atoms with E-state index in [4.69, 9.17) is 11.1 Å². The zero-order valence-electron chi connectivity index (χ0n) is 10.0. The summed E-state index contributed by atoms with van der Waals surface area (Å²) < 4.78 is 1.38. The Balaban J connectivity index is 2.31. The number of hydrogen-bond donors (Lipinski definition) is 3. The first kappa shape index (κ1) is 13.1. The predicted octanol–water partition coefficient (Wildman–Crippen LogP) is -0.0961. The molecule has 8 heteroatoms. The van der Waals surface area contributed by atoms with Gasteiger partial charge in [0.2, 0.25) is 0 Å². The second-order valence-electron chi connectivity index (χ2n) is 3.74. The lowest BCUT2D eigenvalue weighted by Crippen LogP contribution is -2.33. The normalized spacial score (nSPS) is 10.4. The molecule has 2 aromatic rings. The lowest BCUT2D eigenvalue weighted by Gasteiger charge is -2.06. The molecule has 1 aromatic carbocycles. The highest BCUT2D eigenvalue weighted by Gasteiger charge is 2.06. The lowest BCUT2D eigenvalue weighted by molar-refractivity contribution is 0.596. The van der Waals surface area contributed by atoms with Gasteiger partial charge in [0.1, 0.15) is 5.84 Å². The summed E-state index contributed by atoms with van der Waals surface area (Å²) in [6.07, 6.45) is 0. The minimum absolute atomic E-state index is 0.00823. The topological polar surface area (TPSA) is 118 Å². The summed E-state index contributed by atoms with van der Waals surface area (Å²) in [5.74, 6) is -0.00823. The molecule has 0 aliphatic carbocycles. The first-order valence-corrected chi connectivity index (χ1v) is 6.08. The number of aromatic amines is 1. The number of amidine groups is 1. The maximum absolute atomic E-state index is 11.2. The summed E-state index contributed by atoms with van der Waals surface area (Å²) in [6, 6.07) is 6.93. The van der Waals surface area contributed by atoms with Gasteiger partial charge < -0.3 is 5.73 Å². The molecule has 4 N–H and O–H groups in total. The Morgan fingerprint density at radius 3 is 2.58 bits per heavy atom. The SMILES string of the molecule is Cn1[nH]c(=O)c(=O)nc1Sc1ccc(C(=N)N)cc1. The summed E-state index contributed by atoms with van der Waals surface area (Å²) in [4.78, 5) is 26.8. The molecule has 98 valence electrons. The molecular formula is C11H11N5O2S. The van der Waals surface area contributed by atoms with Crippen molar-refractivity contribution < 1.29 is 0 Å². The van der Waals surface area contributed by atoms with Crippen molar-refractivity contribution in [2.45, 2.75) is 10.1 Å². The van der Waals surface area contributed by atoms with Crippen LogP contribution in [0.15, 0.2) is 43.9 Å².